The van der Waals surface area contributed by atoms with Gasteiger partial charge in [0.25, 0.3) is 0 Å². The first-order valence-electron chi connectivity index (χ1n) is 7.67. The molecule has 130 valence electrons. The van der Waals surface area contributed by atoms with E-state index in [1.165, 1.54) is 0 Å². The highest BCUT2D eigenvalue weighted by atomic mass is 32.2. The minimum Gasteiger partial charge on any atom is -0.493 e. The standard InChI is InChI=1S/C18H23NO4S/c1-14-5-4-6-16(11-14)13-24(20,21)19-10-9-15-7-8-17(22-2)18(12-15)23-3/h4-8,11-12,19H,9-10,13H2,1-3H3. The third kappa shape index (κ3) is 5.25. The molecule has 0 heterocycles. The maximum absolute atomic E-state index is 12.2. The van der Waals surface area contributed by atoms with Crippen LogP contribution in [0.4, 0.5) is 0 Å². The number of rotatable bonds is 8. The van der Waals surface area contributed by atoms with Crippen LogP contribution in [0.5, 0.6) is 11.5 Å². The molecule has 0 bridgehead atoms. The molecule has 0 fully saturated rings. The van der Waals surface area contributed by atoms with Crippen molar-refractivity contribution in [3.8, 4) is 11.5 Å². The van der Waals surface area contributed by atoms with E-state index < -0.39 is 10.0 Å². The van der Waals surface area contributed by atoms with Gasteiger partial charge in [-0.1, -0.05) is 35.9 Å². The van der Waals surface area contributed by atoms with Crippen molar-refractivity contribution in [3.05, 3.63) is 59.2 Å². The van der Waals surface area contributed by atoms with Gasteiger partial charge in [-0.25, -0.2) is 13.1 Å². The van der Waals surface area contributed by atoms with E-state index >= 15 is 0 Å². The largest absolute Gasteiger partial charge is 0.493 e. The van der Waals surface area contributed by atoms with Gasteiger partial charge < -0.3 is 9.47 Å². The highest BCUT2D eigenvalue weighted by molar-refractivity contribution is 7.88. The van der Waals surface area contributed by atoms with Crippen LogP contribution in [-0.2, 0) is 22.2 Å². The monoisotopic (exact) mass is 349 g/mol. The lowest BCUT2D eigenvalue weighted by Crippen LogP contribution is -2.27. The van der Waals surface area contributed by atoms with E-state index in [-0.39, 0.29) is 5.75 Å². The maximum Gasteiger partial charge on any atom is 0.215 e. The lowest BCUT2D eigenvalue weighted by Gasteiger charge is -2.10. The number of ether oxygens (including phenoxy) is 2. The molecule has 0 amide bonds. The van der Waals surface area contributed by atoms with Gasteiger partial charge in [0.1, 0.15) is 0 Å². The molecule has 0 aliphatic rings. The van der Waals surface area contributed by atoms with Crippen LogP contribution in [0.2, 0.25) is 0 Å². The second-order valence-electron chi connectivity index (χ2n) is 5.58. The van der Waals surface area contributed by atoms with Gasteiger partial charge in [0, 0.05) is 6.54 Å². The summed E-state index contributed by atoms with van der Waals surface area (Å²) in [6.07, 6.45) is 0.577. The van der Waals surface area contributed by atoms with E-state index in [9.17, 15) is 8.42 Å². The quantitative estimate of drug-likeness (QED) is 0.796. The fraction of sp³-hybridized carbons (Fsp3) is 0.333. The van der Waals surface area contributed by atoms with Gasteiger partial charge in [0.05, 0.1) is 20.0 Å². The number of methoxy groups -OCH3 is 2. The summed E-state index contributed by atoms with van der Waals surface area (Å²) in [7, 11) is -0.200. The van der Waals surface area contributed by atoms with Crippen LogP contribution < -0.4 is 14.2 Å². The highest BCUT2D eigenvalue weighted by Crippen LogP contribution is 2.27. The Bertz CT molecular complexity index is 787. The Morgan fingerprint density at radius 3 is 2.38 bits per heavy atom. The zero-order chi connectivity index (χ0) is 17.6. The van der Waals surface area contributed by atoms with Crippen LogP contribution >= 0.6 is 0 Å². The van der Waals surface area contributed by atoms with Crippen LogP contribution in [-0.4, -0.2) is 29.2 Å². The van der Waals surface area contributed by atoms with E-state index in [2.05, 4.69) is 4.72 Å². The van der Waals surface area contributed by atoms with Crippen LogP contribution in [0.15, 0.2) is 42.5 Å². The second kappa shape index (κ2) is 8.17. The van der Waals surface area contributed by atoms with Crippen molar-refractivity contribution < 1.29 is 17.9 Å². The summed E-state index contributed by atoms with van der Waals surface area (Å²) in [6.45, 7) is 2.28. The van der Waals surface area contributed by atoms with Crippen LogP contribution in [0.1, 0.15) is 16.7 Å². The average Bonchev–Trinajstić information content (AvgIpc) is 2.54. The minimum atomic E-state index is -3.36. The topological polar surface area (TPSA) is 64.6 Å². The van der Waals surface area contributed by atoms with Crippen molar-refractivity contribution in [2.75, 3.05) is 20.8 Å². The smallest absolute Gasteiger partial charge is 0.215 e. The molecule has 2 rings (SSSR count). The molecule has 2 aromatic carbocycles. The molecule has 0 aromatic heterocycles. The molecule has 0 spiro atoms. The predicted octanol–water partition coefficient (Wildman–Crippen LogP) is 2.67. The first-order chi connectivity index (χ1) is 11.4. The fourth-order valence-electron chi connectivity index (χ4n) is 2.46. The number of hydrogen-bond donors (Lipinski definition) is 1. The first kappa shape index (κ1) is 18.3. The molecule has 24 heavy (non-hydrogen) atoms. The fourth-order valence-corrected chi connectivity index (χ4v) is 3.59. The summed E-state index contributed by atoms with van der Waals surface area (Å²) in [5.41, 5.74) is 2.81. The molecule has 5 nitrogen and oxygen atoms in total. The van der Waals surface area contributed by atoms with Gasteiger partial charge >= 0.3 is 0 Å². The summed E-state index contributed by atoms with van der Waals surface area (Å²) in [5.74, 6) is 1.28. The number of benzene rings is 2. The molecule has 0 saturated heterocycles. The molecular weight excluding hydrogens is 326 g/mol. The van der Waals surface area contributed by atoms with Crippen molar-refractivity contribution in [2.45, 2.75) is 19.1 Å². The Hall–Kier alpha value is -2.05. The third-order valence-electron chi connectivity index (χ3n) is 3.62. The van der Waals surface area contributed by atoms with E-state index in [4.69, 9.17) is 9.47 Å². The summed E-state index contributed by atoms with van der Waals surface area (Å²) in [6, 6.07) is 13.1. The number of nitrogens with one attached hydrogen (secondary N) is 1. The third-order valence-corrected chi connectivity index (χ3v) is 4.98. The molecule has 1 N–H and O–H groups in total. The number of sulfonamides is 1. The van der Waals surface area contributed by atoms with Gasteiger partial charge in [-0.15, -0.1) is 0 Å². The van der Waals surface area contributed by atoms with Crippen molar-refractivity contribution >= 4 is 10.0 Å². The van der Waals surface area contributed by atoms with Crippen molar-refractivity contribution in [2.24, 2.45) is 0 Å². The summed E-state index contributed by atoms with van der Waals surface area (Å²) in [5, 5.41) is 0. The molecular formula is C18H23NO4S. The molecule has 0 aliphatic heterocycles. The van der Waals surface area contributed by atoms with E-state index in [0.717, 1.165) is 16.7 Å². The van der Waals surface area contributed by atoms with Crippen molar-refractivity contribution in [3.63, 3.8) is 0 Å². The van der Waals surface area contributed by atoms with Crippen molar-refractivity contribution in [1.82, 2.24) is 4.72 Å². The molecule has 0 radical (unpaired) electrons. The molecule has 0 aliphatic carbocycles. The normalized spacial score (nSPS) is 11.3. The SMILES string of the molecule is COc1ccc(CCNS(=O)(=O)Cc2cccc(C)c2)cc1OC. The lowest BCUT2D eigenvalue weighted by molar-refractivity contribution is 0.354. The zero-order valence-corrected chi connectivity index (χ0v) is 15.0. The van der Waals surface area contributed by atoms with E-state index in [1.807, 2.05) is 49.4 Å². The highest BCUT2D eigenvalue weighted by Gasteiger charge is 2.11. The van der Waals surface area contributed by atoms with Gasteiger partial charge in [0.2, 0.25) is 10.0 Å². The lowest BCUT2D eigenvalue weighted by atomic mass is 10.1. The summed E-state index contributed by atoms with van der Waals surface area (Å²) < 4.78 is 37.4. The Kier molecular flexibility index (Phi) is 6.23. The zero-order valence-electron chi connectivity index (χ0n) is 14.2. The second-order valence-corrected chi connectivity index (χ2v) is 7.39. The molecule has 0 saturated carbocycles. The van der Waals surface area contributed by atoms with E-state index in [0.29, 0.717) is 24.5 Å². The molecule has 0 unspecified atom stereocenters. The first-order valence-corrected chi connectivity index (χ1v) is 9.32. The van der Waals surface area contributed by atoms with Gasteiger partial charge in [0.15, 0.2) is 11.5 Å². The van der Waals surface area contributed by atoms with Gasteiger partial charge in [-0.3, -0.25) is 0 Å². The summed E-state index contributed by atoms with van der Waals surface area (Å²) >= 11 is 0. The molecule has 6 heteroatoms. The van der Waals surface area contributed by atoms with Crippen molar-refractivity contribution in [1.29, 1.82) is 0 Å². The molecule has 2 aromatic rings. The van der Waals surface area contributed by atoms with Crippen LogP contribution in [0.3, 0.4) is 0 Å². The Labute approximate surface area is 143 Å². The summed E-state index contributed by atoms with van der Waals surface area (Å²) in [4.78, 5) is 0. The number of aryl methyl sites for hydroxylation is 1. The predicted molar refractivity (Wildman–Crippen MR) is 95.1 cm³/mol. The Balaban J connectivity index is 1.93. The maximum atomic E-state index is 12.2. The Morgan fingerprint density at radius 1 is 0.958 bits per heavy atom. The average molecular weight is 349 g/mol. The van der Waals surface area contributed by atoms with Crippen LogP contribution in [0.25, 0.3) is 0 Å². The van der Waals surface area contributed by atoms with Gasteiger partial charge in [-0.05, 0) is 36.6 Å². The van der Waals surface area contributed by atoms with Crippen LogP contribution in [0, 0.1) is 6.92 Å². The molecule has 0 atom stereocenters. The minimum absolute atomic E-state index is 0.0133. The Morgan fingerprint density at radius 2 is 1.71 bits per heavy atom. The van der Waals surface area contributed by atoms with Gasteiger partial charge in [-0.2, -0.15) is 0 Å². The number of hydrogen-bond acceptors (Lipinski definition) is 4. The van der Waals surface area contributed by atoms with E-state index in [1.54, 1.807) is 14.2 Å².